The summed E-state index contributed by atoms with van der Waals surface area (Å²) in [7, 11) is 1.33. The number of nitrogens with one attached hydrogen (secondary N) is 3. The number of anilines is 1. The quantitative estimate of drug-likeness (QED) is 0.174. The maximum absolute atomic E-state index is 13.1. The first-order valence-electron chi connectivity index (χ1n) is 13.1. The van der Waals surface area contributed by atoms with E-state index in [1.54, 1.807) is 42.6 Å². The molecular formula is C29H27ClN8O4. The number of H-pyrrole nitrogens is 1. The number of esters is 1. The lowest BCUT2D eigenvalue weighted by molar-refractivity contribution is -0.139. The van der Waals surface area contributed by atoms with Gasteiger partial charge in [-0.05, 0) is 59.2 Å². The number of hydrogen-bond donors (Lipinski definition) is 3. The fraction of sp³-hybridized carbons (Fsp3) is 0.207. The summed E-state index contributed by atoms with van der Waals surface area (Å²) in [6.07, 6.45) is 11.3. The molecule has 0 radical (unpaired) electrons. The third-order valence-electron chi connectivity index (χ3n) is 6.54. The molecule has 0 unspecified atom stereocenters. The highest BCUT2D eigenvalue weighted by atomic mass is 35.5. The van der Waals surface area contributed by atoms with E-state index in [1.807, 2.05) is 18.2 Å². The highest BCUT2D eigenvalue weighted by molar-refractivity contribution is 6.30. The van der Waals surface area contributed by atoms with E-state index in [2.05, 4.69) is 36.1 Å². The molecule has 1 aliphatic rings. The van der Waals surface area contributed by atoms with E-state index < -0.39 is 6.04 Å². The number of allylic oxidation sites excluding steroid dienone is 1. The molecule has 3 N–H and O–H groups in total. The molecule has 4 aromatic rings. The number of tetrazole rings is 1. The molecular weight excluding hydrogens is 560 g/mol. The minimum Gasteiger partial charge on any atom is -0.469 e. The molecule has 0 fully saturated rings. The Bertz CT molecular complexity index is 1660. The molecule has 0 saturated carbocycles. The van der Waals surface area contributed by atoms with Crippen LogP contribution in [0, 0.1) is 0 Å². The van der Waals surface area contributed by atoms with Gasteiger partial charge < -0.3 is 20.4 Å². The summed E-state index contributed by atoms with van der Waals surface area (Å²) in [4.78, 5) is 45.4. The molecule has 2 aromatic carbocycles. The van der Waals surface area contributed by atoms with Crippen LogP contribution in [0.1, 0.15) is 42.3 Å². The van der Waals surface area contributed by atoms with Gasteiger partial charge in [0.1, 0.15) is 12.2 Å². The molecule has 0 saturated heterocycles. The maximum Gasteiger partial charge on any atom is 0.309 e. The first kappa shape index (κ1) is 28.4. The number of amides is 2. The van der Waals surface area contributed by atoms with Crippen LogP contribution in [0.4, 0.5) is 5.69 Å². The van der Waals surface area contributed by atoms with E-state index in [-0.39, 0.29) is 30.6 Å². The van der Waals surface area contributed by atoms with Gasteiger partial charge in [-0.2, -0.15) is 4.68 Å². The van der Waals surface area contributed by atoms with Crippen molar-refractivity contribution in [3.63, 3.8) is 0 Å². The number of halogens is 1. The third-order valence-corrected chi connectivity index (χ3v) is 6.78. The van der Waals surface area contributed by atoms with Gasteiger partial charge >= 0.3 is 5.97 Å². The Kier molecular flexibility index (Phi) is 8.83. The molecule has 0 aliphatic carbocycles. The zero-order valence-corrected chi connectivity index (χ0v) is 23.3. The van der Waals surface area contributed by atoms with E-state index in [1.165, 1.54) is 24.2 Å². The second-order valence-corrected chi connectivity index (χ2v) is 9.90. The summed E-state index contributed by atoms with van der Waals surface area (Å²) in [5.41, 5.74) is 3.90. The molecule has 5 rings (SSSR count). The molecule has 2 bridgehead atoms. The Morgan fingerprint density at radius 1 is 1.21 bits per heavy atom. The Morgan fingerprint density at radius 2 is 2.10 bits per heavy atom. The molecule has 0 spiro atoms. The van der Waals surface area contributed by atoms with Crippen molar-refractivity contribution >= 4 is 41.1 Å². The van der Waals surface area contributed by atoms with E-state index in [0.717, 1.165) is 0 Å². The summed E-state index contributed by atoms with van der Waals surface area (Å²) in [5, 5.41) is 17.7. The number of fused-ring (bicyclic) bond motifs is 4. The van der Waals surface area contributed by atoms with Crippen LogP contribution in [0.2, 0.25) is 5.02 Å². The molecule has 12 nitrogen and oxygen atoms in total. The van der Waals surface area contributed by atoms with Crippen LogP contribution >= 0.6 is 11.6 Å². The molecule has 13 heteroatoms. The van der Waals surface area contributed by atoms with E-state index in [9.17, 15) is 14.4 Å². The number of nitrogens with zero attached hydrogens (tertiary/aromatic N) is 5. The summed E-state index contributed by atoms with van der Waals surface area (Å²) < 4.78 is 6.26. The minimum absolute atomic E-state index is 0.0740. The zero-order valence-electron chi connectivity index (χ0n) is 22.6. The fourth-order valence-corrected chi connectivity index (χ4v) is 4.65. The van der Waals surface area contributed by atoms with Crippen molar-refractivity contribution in [2.24, 2.45) is 0 Å². The third kappa shape index (κ3) is 6.96. The number of benzene rings is 2. The number of imidazole rings is 1. The van der Waals surface area contributed by atoms with Crippen LogP contribution in [-0.2, 0) is 25.5 Å². The van der Waals surface area contributed by atoms with Crippen molar-refractivity contribution in [2.75, 3.05) is 12.4 Å². The Hall–Kier alpha value is -5.10. The molecule has 3 heterocycles. The SMILES string of the molecule is COC(=O)Cc1ccc2c(c1)NC(=O)CC/C=C/C[C@H](NC(=O)/C=C/c1cc(Cl)ccc1-n1cnnn1)c1ncc-2[nH]1. The van der Waals surface area contributed by atoms with Crippen LogP contribution in [0.25, 0.3) is 23.0 Å². The summed E-state index contributed by atoms with van der Waals surface area (Å²) in [6.45, 7) is 0. The van der Waals surface area contributed by atoms with Gasteiger partial charge in [0.15, 0.2) is 0 Å². The van der Waals surface area contributed by atoms with Crippen molar-refractivity contribution in [3.8, 4) is 16.9 Å². The molecule has 1 atom stereocenters. The van der Waals surface area contributed by atoms with Crippen LogP contribution in [0.15, 0.2) is 67.2 Å². The van der Waals surface area contributed by atoms with Gasteiger partial charge in [0.05, 0.1) is 42.8 Å². The van der Waals surface area contributed by atoms with Crippen LogP contribution in [0.3, 0.4) is 0 Å². The lowest BCUT2D eigenvalue weighted by atomic mass is 10.0. The van der Waals surface area contributed by atoms with Gasteiger partial charge in [0.25, 0.3) is 0 Å². The van der Waals surface area contributed by atoms with Crippen molar-refractivity contribution in [1.29, 1.82) is 0 Å². The van der Waals surface area contributed by atoms with E-state index >= 15 is 0 Å². The average molecular weight is 587 g/mol. The zero-order chi connectivity index (χ0) is 29.5. The van der Waals surface area contributed by atoms with Crippen molar-refractivity contribution < 1.29 is 19.1 Å². The molecule has 2 aromatic heterocycles. The number of rotatable bonds is 6. The van der Waals surface area contributed by atoms with Gasteiger partial charge in [-0.3, -0.25) is 14.4 Å². The van der Waals surface area contributed by atoms with Gasteiger partial charge in [-0.15, -0.1) is 5.10 Å². The topological polar surface area (TPSA) is 157 Å². The molecule has 1 aliphatic heterocycles. The van der Waals surface area contributed by atoms with Crippen LogP contribution in [0.5, 0.6) is 0 Å². The first-order chi connectivity index (χ1) is 20.4. The lowest BCUT2D eigenvalue weighted by Crippen LogP contribution is -2.27. The van der Waals surface area contributed by atoms with Crippen LogP contribution in [-0.4, -0.2) is 55.1 Å². The van der Waals surface area contributed by atoms with Gasteiger partial charge in [0, 0.05) is 28.6 Å². The molecule has 2 amide bonds. The number of carbonyl (C=O) groups excluding carboxylic acids is 3. The number of ether oxygens (including phenoxy) is 1. The first-order valence-corrected chi connectivity index (χ1v) is 13.5. The smallest absolute Gasteiger partial charge is 0.309 e. The predicted octanol–water partition coefficient (Wildman–Crippen LogP) is 3.97. The number of aromatic amines is 1. The average Bonchev–Trinajstić information content (AvgIpc) is 3.68. The molecule has 42 heavy (non-hydrogen) atoms. The number of carbonyl (C=O) groups is 3. The summed E-state index contributed by atoms with van der Waals surface area (Å²) in [5.74, 6) is -0.339. The van der Waals surface area contributed by atoms with E-state index in [0.29, 0.717) is 57.4 Å². The Labute approximate surface area is 245 Å². The van der Waals surface area contributed by atoms with Crippen molar-refractivity contribution in [2.45, 2.75) is 31.7 Å². The molecule has 214 valence electrons. The van der Waals surface area contributed by atoms with Gasteiger partial charge in [-0.25, -0.2) is 4.98 Å². The summed E-state index contributed by atoms with van der Waals surface area (Å²) >= 11 is 6.19. The monoisotopic (exact) mass is 586 g/mol. The van der Waals surface area contributed by atoms with Gasteiger partial charge in [-0.1, -0.05) is 35.9 Å². The van der Waals surface area contributed by atoms with Crippen molar-refractivity contribution in [1.82, 2.24) is 35.5 Å². The minimum atomic E-state index is -0.475. The predicted molar refractivity (Wildman–Crippen MR) is 155 cm³/mol. The largest absolute Gasteiger partial charge is 0.469 e. The van der Waals surface area contributed by atoms with Crippen LogP contribution < -0.4 is 10.6 Å². The number of methoxy groups -OCH3 is 1. The lowest BCUT2D eigenvalue weighted by Gasteiger charge is -2.14. The highest BCUT2D eigenvalue weighted by Crippen LogP contribution is 2.30. The fourth-order valence-electron chi connectivity index (χ4n) is 4.47. The normalized spacial score (nSPS) is 16.0. The maximum atomic E-state index is 13.1. The highest BCUT2D eigenvalue weighted by Gasteiger charge is 2.19. The Morgan fingerprint density at radius 3 is 2.90 bits per heavy atom. The number of aromatic nitrogens is 6. The second-order valence-electron chi connectivity index (χ2n) is 9.46. The van der Waals surface area contributed by atoms with Crippen molar-refractivity contribution in [3.05, 3.63) is 89.1 Å². The second kappa shape index (κ2) is 13.0. The van der Waals surface area contributed by atoms with E-state index in [4.69, 9.17) is 16.3 Å². The Balaban J connectivity index is 1.40. The van der Waals surface area contributed by atoms with Gasteiger partial charge in [0.2, 0.25) is 11.8 Å². The number of hydrogen-bond acceptors (Lipinski definition) is 8. The standard InChI is InChI=1S/C29H27ClN8O4/c1-42-28(41)14-18-7-10-21-23(13-18)34-26(39)6-4-2-3-5-22(29-31-16-24(21)35-29)33-27(40)12-8-19-15-20(30)9-11-25(19)38-17-32-36-37-38/h2-3,7-13,15-17,22H,4-6,14H2,1H3,(H,31,35)(H,33,40)(H,34,39)/b3-2+,12-8+/t22-/m0/s1. The summed E-state index contributed by atoms with van der Waals surface area (Å²) in [6, 6.07) is 10.1.